The summed E-state index contributed by atoms with van der Waals surface area (Å²) in [5.74, 6) is -4.78. The van der Waals surface area contributed by atoms with Gasteiger partial charge in [0.15, 0.2) is 5.60 Å². The van der Waals surface area contributed by atoms with Crippen molar-refractivity contribution < 1.29 is 47.7 Å². The largest absolute Gasteiger partial charge is 0.460 e. The number of hydrogen-bond acceptors (Lipinski definition) is 11. The van der Waals surface area contributed by atoms with Crippen LogP contribution in [0.25, 0.3) is 11.1 Å². The van der Waals surface area contributed by atoms with Crippen LogP contribution in [0.5, 0.6) is 0 Å². The summed E-state index contributed by atoms with van der Waals surface area (Å²) in [7, 11) is 0. The lowest BCUT2D eigenvalue weighted by Crippen LogP contribution is -2.58. The highest BCUT2D eigenvalue weighted by Crippen LogP contribution is 2.50. The average molecular weight is 1270 g/mol. The molecule has 0 saturated heterocycles. The fraction of sp³-hybridized carbons (Fsp3) is 0.299. The van der Waals surface area contributed by atoms with E-state index in [9.17, 15) is 14.4 Å². The summed E-state index contributed by atoms with van der Waals surface area (Å²) in [5.41, 5.74) is 5.52. The van der Waals surface area contributed by atoms with Crippen LogP contribution in [-0.2, 0) is 53.3 Å². The van der Waals surface area contributed by atoms with Gasteiger partial charge in [0.25, 0.3) is 0 Å². The Balaban J connectivity index is 1.05. The van der Waals surface area contributed by atoms with Crippen molar-refractivity contribution in [1.82, 2.24) is 16.0 Å². The van der Waals surface area contributed by atoms with Crippen molar-refractivity contribution in [3.63, 3.8) is 0 Å². The molecule has 13 nitrogen and oxygen atoms in total. The number of halogens is 1. The second-order valence-corrected chi connectivity index (χ2v) is 27.0. The minimum atomic E-state index is -1.80. The van der Waals surface area contributed by atoms with Gasteiger partial charge >= 0.3 is 24.0 Å². The van der Waals surface area contributed by atoms with E-state index in [-0.39, 0.29) is 18.3 Å². The molecular weight excluding hydrogens is 1190 g/mol. The molecule has 10 rings (SSSR count). The summed E-state index contributed by atoms with van der Waals surface area (Å²) in [5, 5.41) is 8.54. The lowest BCUT2D eigenvalue weighted by molar-refractivity contribution is -0.159. The van der Waals surface area contributed by atoms with Crippen molar-refractivity contribution in [1.29, 1.82) is 0 Å². The quantitative estimate of drug-likeness (QED) is 0.0316. The number of benzene rings is 8. The first-order valence-corrected chi connectivity index (χ1v) is 32.7. The van der Waals surface area contributed by atoms with E-state index in [4.69, 9.17) is 30.5 Å². The molecule has 92 heavy (non-hydrogen) atoms. The van der Waals surface area contributed by atoms with Gasteiger partial charge in [0.05, 0.1) is 17.6 Å². The van der Waals surface area contributed by atoms with E-state index in [1.165, 1.54) is 17.3 Å². The topological polar surface area (TPSA) is 175 Å². The molecule has 15 heteroatoms. The Kier molecular flexibility index (Phi) is 20.9. The van der Waals surface area contributed by atoms with Crippen LogP contribution in [0.1, 0.15) is 142 Å². The van der Waals surface area contributed by atoms with Crippen molar-refractivity contribution in [3.8, 4) is 11.1 Å². The third-order valence-corrected chi connectivity index (χ3v) is 18.6. The van der Waals surface area contributed by atoms with Crippen molar-refractivity contribution >= 4 is 59.2 Å². The van der Waals surface area contributed by atoms with Gasteiger partial charge < -0.3 is 34.9 Å². The first-order valence-electron chi connectivity index (χ1n) is 31.3. The maximum atomic E-state index is 16.4. The lowest BCUT2D eigenvalue weighted by Gasteiger charge is -2.39. The number of thioether (sulfide) groups is 1. The molecule has 1 saturated carbocycles. The fourth-order valence-electron chi connectivity index (χ4n) is 12.5. The minimum Gasteiger partial charge on any atom is -0.460 e. The summed E-state index contributed by atoms with van der Waals surface area (Å²) >= 11 is 8.67. The van der Waals surface area contributed by atoms with Gasteiger partial charge in [0, 0.05) is 33.4 Å². The highest BCUT2D eigenvalue weighted by molar-refractivity contribution is 8.00. The van der Waals surface area contributed by atoms with Crippen LogP contribution < -0.4 is 16.0 Å². The molecule has 2 aliphatic rings. The normalized spacial score (nSPS) is 14.9. The average Bonchev–Trinajstić information content (AvgIpc) is 0.781. The van der Waals surface area contributed by atoms with Crippen LogP contribution in [0, 0.1) is 0 Å². The molecule has 1 unspecified atom stereocenters. The van der Waals surface area contributed by atoms with Gasteiger partial charge in [-0.3, -0.25) is 19.2 Å². The van der Waals surface area contributed by atoms with E-state index in [0.29, 0.717) is 27.6 Å². The zero-order chi connectivity index (χ0) is 65.0. The zero-order valence-electron chi connectivity index (χ0n) is 52.7. The molecule has 4 atom stereocenters. The lowest BCUT2D eigenvalue weighted by atomic mass is 9.79. The molecule has 8 aromatic carbocycles. The first-order chi connectivity index (χ1) is 44.2. The smallest absolute Gasteiger partial charge is 0.407 e. The van der Waals surface area contributed by atoms with Crippen molar-refractivity contribution in [2.45, 2.75) is 132 Å². The third kappa shape index (κ3) is 15.5. The predicted octanol–water partition coefficient (Wildman–Crippen LogP) is 14.9. The zero-order valence-corrected chi connectivity index (χ0v) is 54.3. The number of hydrogen-bond donors (Lipinski definition) is 3. The van der Waals surface area contributed by atoms with Crippen LogP contribution in [-0.4, -0.2) is 77.5 Å². The summed E-state index contributed by atoms with van der Waals surface area (Å²) in [6, 6.07) is 64.7. The van der Waals surface area contributed by atoms with Crippen LogP contribution in [0.15, 0.2) is 218 Å². The van der Waals surface area contributed by atoms with Gasteiger partial charge in [0.2, 0.25) is 11.8 Å². The molecule has 8 aromatic rings. The number of ether oxygens (including phenoxy) is 4. The number of esters is 3. The molecule has 3 amide bonds. The SMILES string of the molecule is CC(C)(C)OC(=O)C[C@H](NC(=O)OCC1c2ccccc2-c2ccccc21)C(=O)N[C@@H](CC(=O)OC(C)(C)C)C(=O)N[C@@H](CSC(c1ccccc1)(c1ccccc1)c1ccccc1)C(=O)OC(c1ccccc1)(c1ccc(C2CCCC2)cc1)c1ccccc1Cl. The van der Waals surface area contributed by atoms with Crippen LogP contribution in [0.2, 0.25) is 5.02 Å². The number of rotatable bonds is 23. The number of carbonyl (C=O) groups excluding carboxylic acids is 6. The fourth-order valence-corrected chi connectivity index (χ4v) is 14.3. The third-order valence-electron chi connectivity index (χ3n) is 16.6. The molecule has 1 fully saturated rings. The van der Waals surface area contributed by atoms with Gasteiger partial charge in [0.1, 0.15) is 35.9 Å². The number of amides is 3. The second kappa shape index (κ2) is 29.1. The van der Waals surface area contributed by atoms with E-state index in [2.05, 4.69) is 28.1 Å². The van der Waals surface area contributed by atoms with E-state index in [1.54, 1.807) is 53.7 Å². The van der Waals surface area contributed by atoms with E-state index >= 15 is 14.4 Å². The Labute approximate surface area is 548 Å². The highest BCUT2D eigenvalue weighted by atomic mass is 35.5. The Morgan fingerprint density at radius 2 is 0.891 bits per heavy atom. The standard InChI is InChI=1S/C77H78ClN3O10S/c1-74(2,3)89-68(82)47-65(79-71(85)66(48-69(83)90-75(4,5)6)81-73(87)88-49-62-60-39-23-21-37-58(60)59-38-22-24-40-61(59)62)70(84)80-67(50-92-77(55-31-13-8-14-32-55,56-33-15-9-16-34-56)57-35-17-10-18-36-57)72(86)91-76(53-29-11-7-12-30-53,63-41-25-26-42-64(63)78)54-45-43-52(44-46-54)51-27-19-20-28-51/h7-18,21-26,29-46,51,62,65-67H,19-20,27-28,47-50H2,1-6H3,(H,79,85)(H,80,84)(H,81,87)/t65-,66-,67-,76?/m0/s1. The van der Waals surface area contributed by atoms with Gasteiger partial charge in [-0.1, -0.05) is 237 Å². The highest BCUT2D eigenvalue weighted by Gasteiger charge is 2.46. The molecule has 0 aromatic heterocycles. The van der Waals surface area contributed by atoms with Crippen molar-refractivity contribution in [3.05, 3.63) is 273 Å². The Bertz CT molecular complexity index is 3730. The van der Waals surface area contributed by atoms with Crippen LogP contribution in [0.3, 0.4) is 0 Å². The molecular formula is C77H78ClN3O10S. The van der Waals surface area contributed by atoms with Gasteiger partial charge in [-0.25, -0.2) is 9.59 Å². The molecule has 2 aliphatic carbocycles. The molecule has 0 heterocycles. The Hall–Kier alpha value is -8.98. The van der Waals surface area contributed by atoms with Gasteiger partial charge in [-0.05, 0) is 111 Å². The molecule has 0 radical (unpaired) electrons. The van der Waals surface area contributed by atoms with Crippen LogP contribution >= 0.6 is 23.4 Å². The number of carbonyl (C=O) groups is 6. The number of fused-ring (bicyclic) bond motifs is 3. The van der Waals surface area contributed by atoms with Crippen molar-refractivity contribution in [2.75, 3.05) is 12.4 Å². The molecule has 474 valence electrons. The summed E-state index contributed by atoms with van der Waals surface area (Å²) in [4.78, 5) is 89.1. The number of nitrogens with one attached hydrogen (secondary N) is 3. The van der Waals surface area contributed by atoms with Gasteiger partial charge in [-0.15, -0.1) is 11.8 Å². The van der Waals surface area contributed by atoms with E-state index in [1.807, 2.05) is 194 Å². The molecule has 0 bridgehead atoms. The minimum absolute atomic E-state index is 0.117. The van der Waals surface area contributed by atoms with Crippen LogP contribution in [0.4, 0.5) is 4.79 Å². The maximum Gasteiger partial charge on any atom is 0.407 e. The summed E-state index contributed by atoms with van der Waals surface area (Å²) in [6.45, 7) is 9.85. The summed E-state index contributed by atoms with van der Waals surface area (Å²) in [6.07, 6.45) is 1.91. The van der Waals surface area contributed by atoms with E-state index < -0.39 is 88.3 Å². The first kappa shape index (κ1) is 66.0. The molecule has 0 spiro atoms. The Morgan fingerprint density at radius 1 is 0.478 bits per heavy atom. The predicted molar refractivity (Wildman–Crippen MR) is 360 cm³/mol. The maximum absolute atomic E-state index is 16.4. The van der Waals surface area contributed by atoms with Crippen molar-refractivity contribution in [2.24, 2.45) is 0 Å². The van der Waals surface area contributed by atoms with E-state index in [0.717, 1.165) is 64.6 Å². The van der Waals surface area contributed by atoms with Gasteiger partial charge in [-0.2, -0.15) is 0 Å². The number of alkyl carbamates (subject to hydrolysis) is 1. The molecule has 0 aliphatic heterocycles. The second-order valence-electron chi connectivity index (χ2n) is 25.4. The summed E-state index contributed by atoms with van der Waals surface area (Å²) < 4.78 is 23.5. The monoisotopic (exact) mass is 1270 g/mol. The molecule has 3 N–H and O–H groups in total. The Morgan fingerprint density at radius 3 is 1.37 bits per heavy atom.